The van der Waals surface area contributed by atoms with Gasteiger partial charge in [-0.3, -0.25) is 5.10 Å². The van der Waals surface area contributed by atoms with Crippen LogP contribution in [0.25, 0.3) is 10.9 Å². The number of aromatic nitrogens is 2. The van der Waals surface area contributed by atoms with Gasteiger partial charge in [-0.15, -0.1) is 12.4 Å². The molecule has 4 N–H and O–H groups in total. The van der Waals surface area contributed by atoms with Crippen LogP contribution in [0.1, 0.15) is 13.3 Å². The molecule has 2 aromatic rings. The van der Waals surface area contributed by atoms with E-state index in [0.29, 0.717) is 17.9 Å². The Labute approximate surface area is 146 Å². The molecule has 0 fully saturated rings. The SMILES string of the molecule is CC(N)C[C@H](NS(C)(=O)=O)C1COc2ccc3cn[nH]c3c2O1.Cl. The number of halogens is 1. The van der Waals surface area contributed by atoms with Crippen LogP contribution in [0.2, 0.25) is 0 Å². The van der Waals surface area contributed by atoms with Crippen LogP contribution in [0, 0.1) is 0 Å². The fourth-order valence-corrected chi connectivity index (χ4v) is 3.50. The standard InChI is InChI=1S/C14H20N4O4S.ClH/c1-8(15)5-10(18-23(2,19)20)12-7-21-11-4-3-9-6-16-17-13(9)14(11)22-12;/h3-4,6,8,10,12,18H,5,7,15H2,1-2H3,(H,16,17);1H/t8?,10-,12?;/m0./s1. The van der Waals surface area contributed by atoms with Gasteiger partial charge in [-0.25, -0.2) is 13.1 Å². The zero-order chi connectivity index (χ0) is 16.6. The molecule has 2 heterocycles. The quantitative estimate of drug-likeness (QED) is 0.709. The van der Waals surface area contributed by atoms with Gasteiger partial charge >= 0.3 is 0 Å². The number of sulfonamides is 1. The Morgan fingerprint density at radius 3 is 2.92 bits per heavy atom. The molecule has 8 nitrogen and oxygen atoms in total. The number of H-pyrrole nitrogens is 1. The van der Waals surface area contributed by atoms with E-state index >= 15 is 0 Å². The maximum absolute atomic E-state index is 11.6. The number of aromatic amines is 1. The lowest BCUT2D eigenvalue weighted by Crippen LogP contribution is -2.51. The fraction of sp³-hybridized carbons (Fsp3) is 0.500. The highest BCUT2D eigenvalue weighted by molar-refractivity contribution is 7.88. The molecule has 3 rings (SSSR count). The summed E-state index contributed by atoms with van der Waals surface area (Å²) in [5.41, 5.74) is 6.57. The lowest BCUT2D eigenvalue weighted by atomic mass is 10.0. The molecule has 0 amide bonds. The van der Waals surface area contributed by atoms with Gasteiger partial charge in [0.15, 0.2) is 11.5 Å². The molecular formula is C14H21ClN4O4S. The van der Waals surface area contributed by atoms with Gasteiger partial charge in [0.1, 0.15) is 18.2 Å². The number of nitrogens with zero attached hydrogens (tertiary/aromatic N) is 1. The third-order valence-electron chi connectivity index (χ3n) is 3.65. The summed E-state index contributed by atoms with van der Waals surface area (Å²) in [6.07, 6.45) is 2.77. The average molecular weight is 377 g/mol. The summed E-state index contributed by atoms with van der Waals surface area (Å²) in [4.78, 5) is 0. The van der Waals surface area contributed by atoms with Gasteiger partial charge in [0.05, 0.1) is 18.5 Å². The zero-order valence-electron chi connectivity index (χ0n) is 13.4. The van der Waals surface area contributed by atoms with E-state index in [-0.39, 0.29) is 25.1 Å². The molecule has 1 aliphatic rings. The van der Waals surface area contributed by atoms with E-state index in [2.05, 4.69) is 14.9 Å². The van der Waals surface area contributed by atoms with Crippen molar-refractivity contribution in [2.75, 3.05) is 12.9 Å². The Morgan fingerprint density at radius 2 is 2.25 bits per heavy atom. The van der Waals surface area contributed by atoms with E-state index < -0.39 is 22.2 Å². The van der Waals surface area contributed by atoms with Crippen molar-refractivity contribution in [2.24, 2.45) is 5.73 Å². The second-order valence-electron chi connectivity index (χ2n) is 5.90. The molecule has 1 aliphatic heterocycles. The Balaban J connectivity index is 0.00000208. The molecule has 0 aliphatic carbocycles. The minimum Gasteiger partial charge on any atom is -0.486 e. The zero-order valence-corrected chi connectivity index (χ0v) is 15.0. The summed E-state index contributed by atoms with van der Waals surface area (Å²) in [6, 6.07) is 3.04. The monoisotopic (exact) mass is 376 g/mol. The molecule has 1 aromatic carbocycles. The minimum absolute atomic E-state index is 0. The summed E-state index contributed by atoms with van der Waals surface area (Å²) < 4.78 is 37.6. The first-order valence-electron chi connectivity index (χ1n) is 7.32. The fourth-order valence-electron chi connectivity index (χ4n) is 2.71. The Hall–Kier alpha value is -1.55. The molecular weight excluding hydrogens is 356 g/mol. The molecule has 0 bridgehead atoms. The van der Waals surface area contributed by atoms with Gasteiger partial charge in [0.25, 0.3) is 0 Å². The van der Waals surface area contributed by atoms with Gasteiger partial charge in [-0.2, -0.15) is 5.10 Å². The van der Waals surface area contributed by atoms with Crippen molar-refractivity contribution in [3.8, 4) is 11.5 Å². The highest BCUT2D eigenvalue weighted by Crippen LogP contribution is 2.38. The highest BCUT2D eigenvalue weighted by Gasteiger charge is 2.32. The first-order valence-corrected chi connectivity index (χ1v) is 9.21. The van der Waals surface area contributed by atoms with Crippen LogP contribution in [0.15, 0.2) is 18.3 Å². The molecule has 0 radical (unpaired) electrons. The van der Waals surface area contributed by atoms with Crippen LogP contribution in [0.4, 0.5) is 0 Å². The summed E-state index contributed by atoms with van der Waals surface area (Å²) in [5.74, 6) is 1.15. The van der Waals surface area contributed by atoms with Gasteiger partial charge in [0.2, 0.25) is 10.0 Å². The number of nitrogens with one attached hydrogen (secondary N) is 2. The van der Waals surface area contributed by atoms with E-state index in [1.54, 1.807) is 6.20 Å². The van der Waals surface area contributed by atoms with Gasteiger partial charge < -0.3 is 15.2 Å². The molecule has 10 heteroatoms. The van der Waals surface area contributed by atoms with Crippen LogP contribution in [0.5, 0.6) is 11.5 Å². The number of fused-ring (bicyclic) bond motifs is 3. The maximum Gasteiger partial charge on any atom is 0.209 e. The number of hydrogen-bond donors (Lipinski definition) is 3. The predicted molar refractivity (Wildman–Crippen MR) is 93.3 cm³/mol. The molecule has 0 saturated heterocycles. The Morgan fingerprint density at radius 1 is 1.50 bits per heavy atom. The van der Waals surface area contributed by atoms with Crippen molar-refractivity contribution < 1.29 is 17.9 Å². The number of ether oxygens (including phenoxy) is 2. The predicted octanol–water partition coefficient (Wildman–Crippen LogP) is 0.780. The van der Waals surface area contributed by atoms with Crippen molar-refractivity contribution >= 4 is 33.3 Å². The first kappa shape index (κ1) is 18.8. The van der Waals surface area contributed by atoms with Gasteiger partial charge in [-0.1, -0.05) is 0 Å². The van der Waals surface area contributed by atoms with Crippen molar-refractivity contribution in [3.05, 3.63) is 18.3 Å². The number of hydrogen-bond acceptors (Lipinski definition) is 6. The number of benzene rings is 1. The van der Waals surface area contributed by atoms with Gasteiger partial charge in [0, 0.05) is 11.4 Å². The van der Waals surface area contributed by atoms with Crippen molar-refractivity contribution in [1.82, 2.24) is 14.9 Å². The van der Waals surface area contributed by atoms with Crippen LogP contribution in [-0.4, -0.2) is 49.7 Å². The highest BCUT2D eigenvalue weighted by atomic mass is 35.5. The van der Waals surface area contributed by atoms with E-state index in [0.717, 1.165) is 17.2 Å². The maximum atomic E-state index is 11.6. The van der Waals surface area contributed by atoms with Crippen molar-refractivity contribution in [1.29, 1.82) is 0 Å². The van der Waals surface area contributed by atoms with Crippen LogP contribution in [0.3, 0.4) is 0 Å². The molecule has 24 heavy (non-hydrogen) atoms. The van der Waals surface area contributed by atoms with Gasteiger partial charge in [-0.05, 0) is 25.5 Å². The summed E-state index contributed by atoms with van der Waals surface area (Å²) in [7, 11) is -3.39. The third-order valence-corrected chi connectivity index (χ3v) is 4.38. The third kappa shape index (κ3) is 4.10. The van der Waals surface area contributed by atoms with Crippen LogP contribution < -0.4 is 19.9 Å². The van der Waals surface area contributed by atoms with Crippen LogP contribution >= 0.6 is 12.4 Å². The number of nitrogens with two attached hydrogens (primary N) is 1. The molecule has 3 atom stereocenters. The Bertz CT molecular complexity index is 808. The van der Waals surface area contributed by atoms with E-state index in [1.807, 2.05) is 19.1 Å². The smallest absolute Gasteiger partial charge is 0.209 e. The minimum atomic E-state index is -3.39. The topological polar surface area (TPSA) is 119 Å². The molecule has 134 valence electrons. The summed E-state index contributed by atoms with van der Waals surface area (Å²) in [6.45, 7) is 2.06. The van der Waals surface area contributed by atoms with Crippen LogP contribution in [-0.2, 0) is 10.0 Å². The van der Waals surface area contributed by atoms with Crippen molar-refractivity contribution in [2.45, 2.75) is 31.5 Å². The van der Waals surface area contributed by atoms with Crippen molar-refractivity contribution in [3.63, 3.8) is 0 Å². The van der Waals surface area contributed by atoms with E-state index in [9.17, 15) is 8.42 Å². The molecule has 0 spiro atoms. The molecule has 1 aromatic heterocycles. The molecule has 2 unspecified atom stereocenters. The summed E-state index contributed by atoms with van der Waals surface area (Å²) in [5, 5.41) is 7.77. The molecule has 0 saturated carbocycles. The van der Waals surface area contributed by atoms with E-state index in [4.69, 9.17) is 15.2 Å². The normalized spacial score (nSPS) is 19.5. The Kier molecular flexibility index (Phi) is 5.59. The average Bonchev–Trinajstić information content (AvgIpc) is 2.93. The number of rotatable bonds is 5. The lowest BCUT2D eigenvalue weighted by Gasteiger charge is -2.33. The first-order chi connectivity index (χ1) is 10.8. The second kappa shape index (κ2) is 7.14. The van der Waals surface area contributed by atoms with E-state index in [1.165, 1.54) is 0 Å². The largest absolute Gasteiger partial charge is 0.486 e. The summed E-state index contributed by atoms with van der Waals surface area (Å²) >= 11 is 0. The second-order valence-corrected chi connectivity index (χ2v) is 7.68. The lowest BCUT2D eigenvalue weighted by molar-refractivity contribution is 0.0660.